The fraction of sp³-hybridized carbons (Fsp3) is 0.500. The Kier molecular flexibility index (Phi) is 4.23. The van der Waals surface area contributed by atoms with Crippen molar-refractivity contribution < 1.29 is 8.42 Å². The lowest BCUT2D eigenvalue weighted by Gasteiger charge is -2.11. The zero-order valence-corrected chi connectivity index (χ0v) is 9.79. The van der Waals surface area contributed by atoms with Gasteiger partial charge in [0.1, 0.15) is 9.84 Å². The van der Waals surface area contributed by atoms with Crippen molar-refractivity contribution in [1.29, 1.82) is 0 Å². The number of pyridine rings is 1. The van der Waals surface area contributed by atoms with Gasteiger partial charge in [0, 0.05) is 25.0 Å². The number of hydrogen-bond donors (Lipinski definition) is 1. The number of nitrogens with zero attached hydrogens (tertiary/aromatic N) is 1. The first-order chi connectivity index (χ1) is 6.97. The van der Waals surface area contributed by atoms with Gasteiger partial charge < -0.3 is 5.32 Å². The van der Waals surface area contributed by atoms with E-state index in [0.29, 0.717) is 6.54 Å². The van der Waals surface area contributed by atoms with E-state index in [-0.39, 0.29) is 11.8 Å². The average molecular weight is 228 g/mol. The minimum Gasteiger partial charge on any atom is -0.308 e. The van der Waals surface area contributed by atoms with E-state index >= 15 is 0 Å². The van der Waals surface area contributed by atoms with Crippen LogP contribution in [-0.2, 0) is 16.4 Å². The van der Waals surface area contributed by atoms with Gasteiger partial charge in [-0.15, -0.1) is 0 Å². The van der Waals surface area contributed by atoms with E-state index in [1.54, 1.807) is 6.20 Å². The molecule has 1 unspecified atom stereocenters. The Hall–Kier alpha value is -0.940. The van der Waals surface area contributed by atoms with Crippen molar-refractivity contribution in [3.05, 3.63) is 30.1 Å². The highest BCUT2D eigenvalue weighted by Crippen LogP contribution is 1.95. The summed E-state index contributed by atoms with van der Waals surface area (Å²) in [6.07, 6.45) is 2.96. The lowest BCUT2D eigenvalue weighted by molar-refractivity contribution is 0.556. The molecule has 0 fully saturated rings. The third-order valence-electron chi connectivity index (χ3n) is 1.91. The lowest BCUT2D eigenvalue weighted by Crippen LogP contribution is -2.32. The summed E-state index contributed by atoms with van der Waals surface area (Å²) >= 11 is 0. The van der Waals surface area contributed by atoms with Crippen LogP contribution in [-0.4, -0.2) is 31.5 Å². The van der Waals surface area contributed by atoms with Crippen molar-refractivity contribution in [2.45, 2.75) is 19.5 Å². The van der Waals surface area contributed by atoms with E-state index in [4.69, 9.17) is 0 Å². The molecule has 15 heavy (non-hydrogen) atoms. The van der Waals surface area contributed by atoms with Crippen LogP contribution in [0, 0.1) is 0 Å². The summed E-state index contributed by atoms with van der Waals surface area (Å²) in [7, 11) is -2.91. The summed E-state index contributed by atoms with van der Waals surface area (Å²) in [6.45, 7) is 2.45. The van der Waals surface area contributed by atoms with Crippen LogP contribution in [0.25, 0.3) is 0 Å². The number of aromatic nitrogens is 1. The first kappa shape index (κ1) is 12.1. The van der Waals surface area contributed by atoms with E-state index in [0.717, 1.165) is 5.69 Å². The Balaban J connectivity index is 2.38. The maximum Gasteiger partial charge on any atom is 0.148 e. The minimum atomic E-state index is -2.91. The topological polar surface area (TPSA) is 59.1 Å². The molecule has 5 heteroatoms. The molecule has 1 aromatic heterocycles. The van der Waals surface area contributed by atoms with Gasteiger partial charge in [-0.05, 0) is 19.1 Å². The van der Waals surface area contributed by atoms with Crippen LogP contribution < -0.4 is 5.32 Å². The Bertz CT molecular complexity index is 389. The molecule has 1 heterocycles. The van der Waals surface area contributed by atoms with E-state index < -0.39 is 9.84 Å². The molecule has 0 radical (unpaired) electrons. The second-order valence-corrected chi connectivity index (χ2v) is 5.88. The second-order valence-electron chi connectivity index (χ2n) is 3.70. The molecular formula is C10H16N2O2S. The lowest BCUT2D eigenvalue weighted by atomic mass is 10.3. The van der Waals surface area contributed by atoms with E-state index in [2.05, 4.69) is 10.3 Å². The van der Waals surface area contributed by atoms with Crippen LogP contribution in [0.4, 0.5) is 0 Å². The summed E-state index contributed by atoms with van der Waals surface area (Å²) in [5, 5.41) is 3.11. The van der Waals surface area contributed by atoms with Gasteiger partial charge in [0.2, 0.25) is 0 Å². The summed E-state index contributed by atoms with van der Waals surface area (Å²) in [4.78, 5) is 4.14. The molecule has 0 saturated heterocycles. The van der Waals surface area contributed by atoms with Gasteiger partial charge in [0.25, 0.3) is 0 Å². The average Bonchev–Trinajstić information content (AvgIpc) is 2.14. The van der Waals surface area contributed by atoms with Crippen LogP contribution >= 0.6 is 0 Å². The van der Waals surface area contributed by atoms with Gasteiger partial charge >= 0.3 is 0 Å². The molecule has 1 N–H and O–H groups in total. The molecule has 0 aliphatic carbocycles. The van der Waals surface area contributed by atoms with Crippen LogP contribution in [0.1, 0.15) is 12.6 Å². The normalized spacial score (nSPS) is 13.7. The molecule has 1 rings (SSSR count). The zero-order chi connectivity index (χ0) is 11.3. The molecule has 0 aliphatic rings. The van der Waals surface area contributed by atoms with Crippen LogP contribution in [0.2, 0.25) is 0 Å². The molecule has 0 aliphatic heterocycles. The van der Waals surface area contributed by atoms with Crippen molar-refractivity contribution in [2.75, 3.05) is 12.0 Å². The summed E-state index contributed by atoms with van der Waals surface area (Å²) < 4.78 is 22.0. The van der Waals surface area contributed by atoms with E-state index in [1.807, 2.05) is 25.1 Å². The van der Waals surface area contributed by atoms with Crippen molar-refractivity contribution >= 4 is 9.84 Å². The molecule has 84 valence electrons. The first-order valence-corrected chi connectivity index (χ1v) is 6.84. The summed E-state index contributed by atoms with van der Waals surface area (Å²) in [5.74, 6) is 0.153. The molecule has 0 aromatic carbocycles. The maximum atomic E-state index is 11.0. The fourth-order valence-electron chi connectivity index (χ4n) is 1.29. The third-order valence-corrected chi connectivity index (χ3v) is 3.02. The molecule has 4 nitrogen and oxygen atoms in total. The predicted octanol–water partition coefficient (Wildman–Crippen LogP) is 0.604. The van der Waals surface area contributed by atoms with Gasteiger partial charge in [0.05, 0.1) is 11.4 Å². The van der Waals surface area contributed by atoms with E-state index in [9.17, 15) is 8.42 Å². The Morgan fingerprint density at radius 1 is 1.47 bits per heavy atom. The molecular weight excluding hydrogens is 212 g/mol. The van der Waals surface area contributed by atoms with E-state index in [1.165, 1.54) is 6.26 Å². The maximum absolute atomic E-state index is 11.0. The third kappa shape index (κ3) is 5.49. The predicted molar refractivity (Wildman–Crippen MR) is 60.2 cm³/mol. The molecule has 0 bridgehead atoms. The van der Waals surface area contributed by atoms with Gasteiger partial charge in [-0.1, -0.05) is 6.07 Å². The molecule has 0 spiro atoms. The summed E-state index contributed by atoms with van der Waals surface area (Å²) in [5.41, 5.74) is 0.915. The largest absolute Gasteiger partial charge is 0.308 e. The highest BCUT2D eigenvalue weighted by Gasteiger charge is 2.09. The van der Waals surface area contributed by atoms with Crippen LogP contribution in [0.15, 0.2) is 24.4 Å². The number of nitrogens with one attached hydrogen (secondary N) is 1. The summed E-state index contributed by atoms with van der Waals surface area (Å²) in [6, 6.07) is 5.61. The molecule has 1 aromatic rings. The van der Waals surface area contributed by atoms with Gasteiger partial charge in [-0.2, -0.15) is 0 Å². The number of hydrogen-bond acceptors (Lipinski definition) is 4. The zero-order valence-electron chi connectivity index (χ0n) is 8.97. The van der Waals surface area contributed by atoms with Crippen molar-refractivity contribution in [1.82, 2.24) is 10.3 Å². The van der Waals surface area contributed by atoms with Gasteiger partial charge in [-0.25, -0.2) is 8.42 Å². The highest BCUT2D eigenvalue weighted by molar-refractivity contribution is 7.90. The van der Waals surface area contributed by atoms with Crippen molar-refractivity contribution in [2.24, 2.45) is 0 Å². The Morgan fingerprint density at radius 3 is 2.73 bits per heavy atom. The SMILES string of the molecule is CC(CS(C)(=O)=O)NCc1ccccn1. The molecule has 1 atom stereocenters. The van der Waals surface area contributed by atoms with Crippen molar-refractivity contribution in [3.8, 4) is 0 Å². The molecule has 0 saturated carbocycles. The smallest absolute Gasteiger partial charge is 0.148 e. The van der Waals surface area contributed by atoms with Gasteiger partial charge in [0.15, 0.2) is 0 Å². The fourth-order valence-corrected chi connectivity index (χ4v) is 2.32. The quantitative estimate of drug-likeness (QED) is 0.802. The minimum absolute atomic E-state index is 0.0537. The number of rotatable bonds is 5. The first-order valence-electron chi connectivity index (χ1n) is 4.78. The van der Waals surface area contributed by atoms with Gasteiger partial charge in [-0.3, -0.25) is 4.98 Å². The monoisotopic (exact) mass is 228 g/mol. The number of sulfone groups is 1. The molecule has 0 amide bonds. The van der Waals surface area contributed by atoms with Crippen LogP contribution in [0.5, 0.6) is 0 Å². The van der Waals surface area contributed by atoms with Crippen LogP contribution in [0.3, 0.4) is 0 Å². The standard InChI is InChI=1S/C10H16N2O2S/c1-9(8-15(2,13)14)12-7-10-5-3-4-6-11-10/h3-6,9,12H,7-8H2,1-2H3. The Labute approximate surface area is 90.7 Å². The second kappa shape index (κ2) is 5.23. The highest BCUT2D eigenvalue weighted by atomic mass is 32.2. The Morgan fingerprint density at radius 2 is 2.20 bits per heavy atom. The van der Waals surface area contributed by atoms with Crippen molar-refractivity contribution in [3.63, 3.8) is 0 Å².